The Morgan fingerprint density at radius 2 is 2.21 bits per heavy atom. The highest BCUT2D eigenvalue weighted by Gasteiger charge is 2.35. The smallest absolute Gasteiger partial charge is 0.351 e. The van der Waals surface area contributed by atoms with Crippen molar-refractivity contribution in [2.75, 3.05) is 18.5 Å². The summed E-state index contributed by atoms with van der Waals surface area (Å²) in [5.41, 5.74) is 5.14. The standard InChI is InChI=1S/C13H18N3O7P/c14-12-8(3-1-2-4-24(20,21)22)6-16(13(19)15-12)11-5-9(18)10(7-17)23-11/h6,9-11,17-18H,2,4-5,7H2,(H2,14,15,19)(H2,20,21,22). The minimum absolute atomic E-state index is 0.0475. The first-order valence-electron chi connectivity index (χ1n) is 7.07. The van der Waals surface area contributed by atoms with Gasteiger partial charge in [0.15, 0.2) is 0 Å². The Bertz CT molecular complexity index is 763. The highest BCUT2D eigenvalue weighted by molar-refractivity contribution is 7.51. The Morgan fingerprint density at radius 1 is 1.50 bits per heavy atom. The lowest BCUT2D eigenvalue weighted by Gasteiger charge is -2.15. The lowest BCUT2D eigenvalue weighted by atomic mass is 10.2. The van der Waals surface area contributed by atoms with Crippen LogP contribution < -0.4 is 11.4 Å². The third kappa shape index (κ3) is 4.64. The molecule has 1 aromatic heterocycles. The Labute approximate surface area is 137 Å². The number of hydrogen-bond donors (Lipinski definition) is 5. The van der Waals surface area contributed by atoms with Gasteiger partial charge < -0.3 is 30.5 Å². The zero-order chi connectivity index (χ0) is 17.9. The van der Waals surface area contributed by atoms with E-state index in [1.54, 1.807) is 0 Å². The van der Waals surface area contributed by atoms with Gasteiger partial charge in [0.2, 0.25) is 0 Å². The molecule has 0 aliphatic carbocycles. The maximum Gasteiger partial charge on any atom is 0.351 e. The first-order chi connectivity index (χ1) is 11.2. The molecule has 1 aromatic rings. The van der Waals surface area contributed by atoms with Crippen molar-refractivity contribution in [2.24, 2.45) is 0 Å². The summed E-state index contributed by atoms with van der Waals surface area (Å²) in [6.45, 7) is -0.385. The molecule has 0 radical (unpaired) electrons. The lowest BCUT2D eigenvalue weighted by Crippen LogP contribution is -2.28. The van der Waals surface area contributed by atoms with Crippen LogP contribution >= 0.6 is 7.60 Å². The van der Waals surface area contributed by atoms with Crippen molar-refractivity contribution in [2.45, 2.75) is 31.3 Å². The van der Waals surface area contributed by atoms with Gasteiger partial charge in [0, 0.05) is 19.0 Å². The number of hydrogen-bond acceptors (Lipinski definition) is 7. The van der Waals surface area contributed by atoms with Crippen molar-refractivity contribution >= 4 is 13.4 Å². The van der Waals surface area contributed by atoms with Crippen molar-refractivity contribution in [3.8, 4) is 11.8 Å². The van der Waals surface area contributed by atoms with Crippen molar-refractivity contribution in [3.63, 3.8) is 0 Å². The Balaban J connectivity index is 2.22. The van der Waals surface area contributed by atoms with E-state index in [0.29, 0.717) is 0 Å². The van der Waals surface area contributed by atoms with Gasteiger partial charge in [0.05, 0.1) is 24.4 Å². The number of anilines is 1. The zero-order valence-electron chi connectivity index (χ0n) is 12.6. The normalized spacial score (nSPS) is 23.8. The van der Waals surface area contributed by atoms with E-state index >= 15 is 0 Å². The SMILES string of the molecule is Nc1nc(=O)n(C2CC(O)C(CO)O2)cc1C#CCCP(=O)(O)O. The monoisotopic (exact) mass is 359 g/mol. The fraction of sp³-hybridized carbons (Fsp3) is 0.538. The van der Waals surface area contributed by atoms with Gasteiger partial charge >= 0.3 is 13.3 Å². The van der Waals surface area contributed by atoms with Crippen LogP contribution in [0.1, 0.15) is 24.6 Å². The summed E-state index contributed by atoms with van der Waals surface area (Å²) in [6, 6.07) is 0. The van der Waals surface area contributed by atoms with Gasteiger partial charge in [0.1, 0.15) is 18.1 Å². The van der Waals surface area contributed by atoms with Gasteiger partial charge in [0.25, 0.3) is 0 Å². The number of aromatic nitrogens is 2. The maximum atomic E-state index is 11.9. The van der Waals surface area contributed by atoms with Crippen molar-refractivity contribution in [3.05, 3.63) is 22.2 Å². The molecule has 1 fully saturated rings. The van der Waals surface area contributed by atoms with Gasteiger partial charge in [-0.2, -0.15) is 4.98 Å². The van der Waals surface area contributed by atoms with Crippen molar-refractivity contribution in [1.82, 2.24) is 9.55 Å². The van der Waals surface area contributed by atoms with E-state index in [2.05, 4.69) is 16.8 Å². The molecule has 3 unspecified atom stereocenters. The molecule has 1 aliphatic heterocycles. The third-order valence-corrected chi connectivity index (χ3v) is 4.23. The molecular weight excluding hydrogens is 341 g/mol. The number of nitrogens with zero attached hydrogens (tertiary/aromatic N) is 2. The summed E-state index contributed by atoms with van der Waals surface area (Å²) in [5.74, 6) is 5.05. The molecule has 6 N–H and O–H groups in total. The quantitative estimate of drug-likeness (QED) is 0.313. The van der Waals surface area contributed by atoms with Gasteiger partial charge in [-0.1, -0.05) is 11.8 Å². The Morgan fingerprint density at radius 3 is 2.79 bits per heavy atom. The van der Waals surface area contributed by atoms with Gasteiger partial charge in [-0.25, -0.2) is 4.79 Å². The molecule has 10 nitrogen and oxygen atoms in total. The summed E-state index contributed by atoms with van der Waals surface area (Å²) in [6.07, 6.45) is -1.54. The van der Waals surface area contributed by atoms with E-state index in [4.69, 9.17) is 25.4 Å². The highest BCUT2D eigenvalue weighted by atomic mass is 31.2. The average molecular weight is 359 g/mol. The molecule has 24 heavy (non-hydrogen) atoms. The number of rotatable bonds is 4. The van der Waals surface area contributed by atoms with Crippen LogP contribution in [0.25, 0.3) is 0 Å². The molecular formula is C13H18N3O7P. The van der Waals surface area contributed by atoms with Crippen LogP contribution in [0.4, 0.5) is 5.82 Å². The van der Waals surface area contributed by atoms with Gasteiger partial charge in [-0.15, -0.1) is 0 Å². The van der Waals surface area contributed by atoms with E-state index in [1.165, 1.54) is 6.20 Å². The second-order valence-corrected chi connectivity index (χ2v) is 7.06. The number of nitrogen functional groups attached to an aromatic ring is 1. The Hall–Kier alpha value is -1.73. The Kier molecular flexibility index (Phi) is 5.77. The maximum absolute atomic E-state index is 11.9. The minimum Gasteiger partial charge on any atom is -0.394 e. The number of aliphatic hydroxyl groups is 2. The average Bonchev–Trinajstić information content (AvgIpc) is 2.85. The van der Waals surface area contributed by atoms with Crippen LogP contribution in [-0.4, -0.2) is 54.5 Å². The molecule has 0 saturated carbocycles. The first-order valence-corrected chi connectivity index (χ1v) is 8.87. The summed E-state index contributed by atoms with van der Waals surface area (Å²) < 4.78 is 17.3. The third-order valence-electron chi connectivity index (χ3n) is 3.43. The molecule has 11 heteroatoms. The van der Waals surface area contributed by atoms with Crippen LogP contribution in [0.15, 0.2) is 11.0 Å². The van der Waals surface area contributed by atoms with Crippen LogP contribution in [0.2, 0.25) is 0 Å². The van der Waals surface area contributed by atoms with Gasteiger partial charge in [-0.05, 0) is 0 Å². The second-order valence-electron chi connectivity index (χ2n) is 5.28. The fourth-order valence-corrected chi connectivity index (χ4v) is 2.60. The van der Waals surface area contributed by atoms with Crippen LogP contribution in [-0.2, 0) is 9.30 Å². The predicted molar refractivity (Wildman–Crippen MR) is 82.9 cm³/mol. The van der Waals surface area contributed by atoms with E-state index in [0.717, 1.165) is 4.57 Å². The largest absolute Gasteiger partial charge is 0.394 e. The molecule has 2 heterocycles. The fourth-order valence-electron chi connectivity index (χ4n) is 2.19. The van der Waals surface area contributed by atoms with Crippen LogP contribution in [0, 0.1) is 11.8 Å². The first kappa shape index (κ1) is 18.6. The highest BCUT2D eigenvalue weighted by Crippen LogP contribution is 2.34. The van der Waals surface area contributed by atoms with E-state index in [9.17, 15) is 14.5 Å². The molecule has 0 spiro atoms. The molecule has 1 saturated heterocycles. The zero-order valence-corrected chi connectivity index (χ0v) is 13.5. The predicted octanol–water partition coefficient (Wildman–Crippen LogP) is -1.61. The van der Waals surface area contributed by atoms with E-state index in [1.807, 2.05) is 0 Å². The van der Waals surface area contributed by atoms with Crippen molar-refractivity contribution in [1.29, 1.82) is 0 Å². The number of ether oxygens (including phenoxy) is 1. The van der Waals surface area contributed by atoms with E-state index < -0.39 is 31.7 Å². The number of aliphatic hydroxyl groups excluding tert-OH is 2. The summed E-state index contributed by atoms with van der Waals surface area (Å²) >= 11 is 0. The second kappa shape index (κ2) is 7.44. The number of nitrogens with two attached hydrogens (primary N) is 1. The van der Waals surface area contributed by atoms with E-state index in [-0.39, 0.29) is 37.0 Å². The molecule has 0 amide bonds. The molecule has 1 aliphatic rings. The summed E-state index contributed by atoms with van der Waals surface area (Å²) in [4.78, 5) is 33.1. The molecule has 3 atom stereocenters. The lowest BCUT2D eigenvalue weighted by molar-refractivity contribution is -0.0458. The van der Waals surface area contributed by atoms with Crippen LogP contribution in [0.5, 0.6) is 0 Å². The molecule has 0 aromatic carbocycles. The molecule has 132 valence electrons. The van der Waals surface area contributed by atoms with Crippen LogP contribution in [0.3, 0.4) is 0 Å². The van der Waals surface area contributed by atoms with Gasteiger partial charge in [-0.3, -0.25) is 9.13 Å². The topological polar surface area (TPSA) is 168 Å². The molecule has 2 rings (SSSR count). The summed E-state index contributed by atoms with van der Waals surface area (Å²) in [5, 5.41) is 18.8. The minimum atomic E-state index is -4.13. The molecule has 0 bridgehead atoms. The summed E-state index contributed by atoms with van der Waals surface area (Å²) in [7, 11) is -4.13. The van der Waals surface area contributed by atoms with Crippen molar-refractivity contribution < 1.29 is 29.3 Å².